The summed E-state index contributed by atoms with van der Waals surface area (Å²) in [6, 6.07) is 4.57. The van der Waals surface area contributed by atoms with E-state index in [1.54, 1.807) is 19.9 Å². The van der Waals surface area contributed by atoms with Gasteiger partial charge in [-0.3, -0.25) is 9.59 Å². The van der Waals surface area contributed by atoms with Gasteiger partial charge in [0.25, 0.3) is 0 Å². The lowest BCUT2D eigenvalue weighted by molar-refractivity contribution is -0.120. The molecule has 2 nitrogen and oxygen atoms in total. The molecule has 0 aromatic heterocycles. The molecule has 5 heteroatoms. The van der Waals surface area contributed by atoms with Crippen LogP contribution in [0.5, 0.6) is 0 Å². The van der Waals surface area contributed by atoms with Crippen LogP contribution in [0.1, 0.15) is 24.2 Å². The zero-order chi connectivity index (χ0) is 13.2. The zero-order valence-corrected chi connectivity index (χ0v) is 12.4. The van der Waals surface area contributed by atoms with Crippen molar-refractivity contribution in [2.45, 2.75) is 18.7 Å². The summed E-state index contributed by atoms with van der Waals surface area (Å²) in [5.41, 5.74) is 0.298. The first-order valence-corrected chi connectivity index (χ1v) is 6.68. The maximum Gasteiger partial charge on any atom is 0.185 e. The molecule has 0 radical (unpaired) electrons. The summed E-state index contributed by atoms with van der Waals surface area (Å²) in [5, 5.41) is 0.705. The summed E-state index contributed by atoms with van der Waals surface area (Å²) >= 11 is 14.8. The van der Waals surface area contributed by atoms with Crippen LogP contribution in [0.25, 0.3) is 0 Å². The van der Waals surface area contributed by atoms with Crippen LogP contribution < -0.4 is 0 Å². The minimum Gasteiger partial charge on any atom is -0.298 e. The van der Waals surface area contributed by atoms with Gasteiger partial charge in [-0.05, 0) is 18.2 Å². The largest absolute Gasteiger partial charge is 0.298 e. The maximum atomic E-state index is 12.0. The maximum absolute atomic E-state index is 12.0. The van der Waals surface area contributed by atoms with E-state index in [0.29, 0.717) is 10.6 Å². The molecule has 0 saturated carbocycles. The molecule has 0 fully saturated rings. The fraction of sp³-hybridized carbons (Fsp3) is 0.333. The van der Waals surface area contributed by atoms with Gasteiger partial charge in [0, 0.05) is 16.5 Å². The van der Waals surface area contributed by atoms with Crippen molar-refractivity contribution in [2.75, 3.05) is 0 Å². The van der Waals surface area contributed by atoms with E-state index in [2.05, 4.69) is 15.9 Å². The van der Waals surface area contributed by atoms with Crippen molar-refractivity contribution in [3.63, 3.8) is 0 Å². The average molecular weight is 338 g/mol. The highest BCUT2D eigenvalue weighted by Gasteiger charge is 2.27. The first-order chi connectivity index (χ1) is 7.84. The van der Waals surface area contributed by atoms with Crippen molar-refractivity contribution in [3.05, 3.63) is 33.8 Å². The van der Waals surface area contributed by atoms with Gasteiger partial charge in [-0.1, -0.05) is 53.0 Å². The highest BCUT2D eigenvalue weighted by Crippen LogP contribution is 2.24. The Hall–Kier alpha value is -0.380. The minimum absolute atomic E-state index is 0.166. The summed E-state index contributed by atoms with van der Waals surface area (Å²) in [6.45, 7) is 3.49. The molecule has 0 aliphatic carbocycles. The van der Waals surface area contributed by atoms with Crippen LogP contribution in [0.2, 0.25) is 10.0 Å². The van der Waals surface area contributed by atoms with Crippen LogP contribution in [0.3, 0.4) is 0 Å². The Bertz CT molecular complexity index is 458. The van der Waals surface area contributed by atoms with Gasteiger partial charge in [-0.2, -0.15) is 0 Å². The van der Waals surface area contributed by atoms with Gasteiger partial charge in [0.2, 0.25) is 0 Å². The third-order valence-corrected chi connectivity index (χ3v) is 3.66. The van der Waals surface area contributed by atoms with E-state index in [9.17, 15) is 9.59 Å². The third-order valence-electron chi connectivity index (χ3n) is 2.25. The second-order valence-corrected chi connectivity index (χ2v) is 5.67. The Kier molecular flexibility index (Phi) is 5.17. The topological polar surface area (TPSA) is 34.1 Å². The lowest BCUT2D eigenvalue weighted by Gasteiger charge is -2.11. The monoisotopic (exact) mass is 336 g/mol. The van der Waals surface area contributed by atoms with Crippen LogP contribution in [0.15, 0.2) is 18.2 Å². The van der Waals surface area contributed by atoms with Crippen molar-refractivity contribution in [1.82, 2.24) is 0 Å². The standard InChI is InChI=1S/C12H11BrCl2O2/c1-6(2)11(16)10(13)12(17)8-4-3-7(14)5-9(8)15/h3-6,10H,1-2H3. The summed E-state index contributed by atoms with van der Waals surface area (Å²) in [6.07, 6.45) is 0. The van der Waals surface area contributed by atoms with Crippen LogP contribution in [-0.2, 0) is 4.79 Å². The molecular weight excluding hydrogens is 327 g/mol. The predicted molar refractivity (Wildman–Crippen MR) is 73.4 cm³/mol. The van der Waals surface area contributed by atoms with Gasteiger partial charge in [-0.15, -0.1) is 0 Å². The molecule has 0 spiro atoms. The van der Waals surface area contributed by atoms with E-state index < -0.39 is 4.83 Å². The number of hydrogen-bond acceptors (Lipinski definition) is 2. The average Bonchev–Trinajstić information content (AvgIpc) is 2.26. The first kappa shape index (κ1) is 14.7. The van der Waals surface area contributed by atoms with Crippen LogP contribution >= 0.6 is 39.1 Å². The summed E-state index contributed by atoms with van der Waals surface area (Å²) in [7, 11) is 0. The van der Waals surface area contributed by atoms with E-state index in [-0.39, 0.29) is 22.5 Å². The number of hydrogen-bond donors (Lipinski definition) is 0. The normalized spacial score (nSPS) is 12.6. The molecule has 0 bridgehead atoms. The van der Waals surface area contributed by atoms with Crippen molar-refractivity contribution in [3.8, 4) is 0 Å². The fourth-order valence-corrected chi connectivity index (χ4v) is 2.52. The lowest BCUT2D eigenvalue weighted by Crippen LogP contribution is -2.28. The third kappa shape index (κ3) is 3.54. The summed E-state index contributed by atoms with van der Waals surface area (Å²) in [4.78, 5) is 22.9. The number of alkyl halides is 1. The number of carbonyl (C=O) groups excluding carboxylic acids is 2. The predicted octanol–water partition coefficient (Wildman–Crippen LogP) is 4.16. The van der Waals surface area contributed by atoms with Crippen molar-refractivity contribution in [2.24, 2.45) is 5.92 Å². The Labute approximate surface area is 118 Å². The van der Waals surface area contributed by atoms with Gasteiger partial charge >= 0.3 is 0 Å². The molecule has 1 unspecified atom stereocenters. The number of rotatable bonds is 4. The molecule has 0 N–H and O–H groups in total. The van der Waals surface area contributed by atoms with E-state index in [0.717, 1.165) is 0 Å². The molecule has 0 aliphatic heterocycles. The Balaban J connectivity index is 3.01. The molecule has 92 valence electrons. The molecule has 0 aliphatic rings. The zero-order valence-electron chi connectivity index (χ0n) is 9.34. The van der Waals surface area contributed by atoms with Crippen molar-refractivity contribution in [1.29, 1.82) is 0 Å². The number of ketones is 2. The second-order valence-electron chi connectivity index (χ2n) is 3.91. The molecule has 1 aromatic rings. The van der Waals surface area contributed by atoms with Gasteiger partial charge in [0.15, 0.2) is 11.6 Å². The Morgan fingerprint density at radius 1 is 1.24 bits per heavy atom. The Morgan fingerprint density at radius 2 is 1.82 bits per heavy atom. The Morgan fingerprint density at radius 3 is 2.29 bits per heavy atom. The molecule has 0 amide bonds. The van der Waals surface area contributed by atoms with E-state index in [4.69, 9.17) is 23.2 Å². The quantitative estimate of drug-likeness (QED) is 0.469. The first-order valence-electron chi connectivity index (χ1n) is 5.01. The molecule has 17 heavy (non-hydrogen) atoms. The van der Waals surface area contributed by atoms with E-state index in [1.807, 2.05) is 0 Å². The van der Waals surface area contributed by atoms with Crippen LogP contribution in [0.4, 0.5) is 0 Å². The molecule has 1 aromatic carbocycles. The fourth-order valence-electron chi connectivity index (χ4n) is 1.25. The van der Waals surface area contributed by atoms with Crippen LogP contribution in [-0.4, -0.2) is 16.4 Å². The highest BCUT2D eigenvalue weighted by molar-refractivity contribution is 9.10. The number of carbonyl (C=O) groups is 2. The van der Waals surface area contributed by atoms with Crippen molar-refractivity contribution < 1.29 is 9.59 Å². The molecule has 1 rings (SSSR count). The lowest BCUT2D eigenvalue weighted by atomic mass is 10.00. The van der Waals surface area contributed by atoms with Crippen LogP contribution in [0, 0.1) is 5.92 Å². The SMILES string of the molecule is CC(C)C(=O)C(Br)C(=O)c1ccc(Cl)cc1Cl. The van der Waals surface area contributed by atoms with Gasteiger partial charge < -0.3 is 0 Å². The second kappa shape index (κ2) is 5.98. The molecular formula is C12H11BrCl2O2. The summed E-state index contributed by atoms with van der Waals surface area (Å²) < 4.78 is 0. The highest BCUT2D eigenvalue weighted by atomic mass is 79.9. The molecule has 0 heterocycles. The summed E-state index contributed by atoms with van der Waals surface area (Å²) in [5.74, 6) is -0.721. The molecule has 1 atom stereocenters. The van der Waals surface area contributed by atoms with Crippen molar-refractivity contribution >= 4 is 50.7 Å². The van der Waals surface area contributed by atoms with Gasteiger partial charge in [0.1, 0.15) is 4.83 Å². The minimum atomic E-state index is -0.860. The number of Topliss-reactive ketones (excluding diaryl/α,β-unsaturated/α-hetero) is 2. The smallest absolute Gasteiger partial charge is 0.185 e. The molecule has 0 saturated heterocycles. The number of halogens is 3. The van der Waals surface area contributed by atoms with Gasteiger partial charge in [0.05, 0.1) is 5.02 Å². The van der Waals surface area contributed by atoms with E-state index in [1.165, 1.54) is 12.1 Å². The van der Waals surface area contributed by atoms with Gasteiger partial charge in [-0.25, -0.2) is 0 Å². The number of benzene rings is 1. The van der Waals surface area contributed by atoms with E-state index >= 15 is 0 Å².